The summed E-state index contributed by atoms with van der Waals surface area (Å²) in [5.41, 5.74) is 1.97. The van der Waals surface area contributed by atoms with Crippen LogP contribution in [0.2, 0.25) is 0 Å². The normalized spacial score (nSPS) is 14.4. The fraction of sp³-hybridized carbons (Fsp3) is 0.364. The first-order valence-electron chi connectivity index (χ1n) is 5.30. The molecule has 17 heavy (non-hydrogen) atoms. The smallest absolute Gasteiger partial charge is 0.243 e. The summed E-state index contributed by atoms with van der Waals surface area (Å²) in [5.74, 6) is 4.51. The average Bonchev–Trinajstić information content (AvgIpc) is 2.29. The first-order chi connectivity index (χ1) is 7.98. The SMILES string of the molecule is CC(C)OP(=O)(CC(=O)NN)c1ccccc1. The number of nitrogens with one attached hydrogen (secondary N) is 1. The first kappa shape index (κ1) is 13.9. The van der Waals surface area contributed by atoms with Gasteiger partial charge in [0, 0.05) is 5.30 Å². The van der Waals surface area contributed by atoms with E-state index in [0.29, 0.717) is 5.30 Å². The Labute approximate surface area is 101 Å². The summed E-state index contributed by atoms with van der Waals surface area (Å²) in [5, 5.41) is 0.525. The second kappa shape index (κ2) is 5.96. The molecule has 0 radical (unpaired) electrons. The van der Waals surface area contributed by atoms with Gasteiger partial charge < -0.3 is 4.52 Å². The van der Waals surface area contributed by atoms with Crippen LogP contribution < -0.4 is 16.6 Å². The third kappa shape index (κ3) is 3.97. The van der Waals surface area contributed by atoms with Crippen molar-refractivity contribution >= 4 is 18.6 Å². The Hall–Kier alpha value is -1.16. The van der Waals surface area contributed by atoms with E-state index < -0.39 is 13.3 Å². The zero-order chi connectivity index (χ0) is 12.9. The van der Waals surface area contributed by atoms with E-state index in [-0.39, 0.29) is 12.3 Å². The largest absolute Gasteiger partial charge is 0.322 e. The lowest BCUT2D eigenvalue weighted by atomic mass is 10.4. The monoisotopic (exact) mass is 256 g/mol. The molecule has 0 aliphatic carbocycles. The highest BCUT2D eigenvalue weighted by atomic mass is 31.2. The number of rotatable bonds is 5. The number of nitrogens with two attached hydrogens (primary N) is 1. The van der Waals surface area contributed by atoms with Crippen LogP contribution in [0.25, 0.3) is 0 Å². The van der Waals surface area contributed by atoms with Crippen LogP contribution in [0, 0.1) is 0 Å². The van der Waals surface area contributed by atoms with E-state index >= 15 is 0 Å². The van der Waals surface area contributed by atoms with Gasteiger partial charge in [0.25, 0.3) is 0 Å². The summed E-state index contributed by atoms with van der Waals surface area (Å²) in [6.07, 6.45) is -0.474. The predicted octanol–water partition coefficient (Wildman–Crippen LogP) is 1.00. The second-order valence-electron chi connectivity index (χ2n) is 3.89. The van der Waals surface area contributed by atoms with E-state index in [9.17, 15) is 9.36 Å². The number of carbonyl (C=O) groups excluding carboxylic acids is 1. The molecule has 0 bridgehead atoms. The van der Waals surface area contributed by atoms with Crippen LogP contribution in [0.4, 0.5) is 0 Å². The van der Waals surface area contributed by atoms with Gasteiger partial charge in [-0.1, -0.05) is 18.2 Å². The van der Waals surface area contributed by atoms with Crippen molar-refractivity contribution < 1.29 is 13.9 Å². The predicted molar refractivity (Wildman–Crippen MR) is 67.1 cm³/mol. The van der Waals surface area contributed by atoms with Crippen LogP contribution in [-0.4, -0.2) is 18.2 Å². The van der Waals surface area contributed by atoms with Gasteiger partial charge in [-0.2, -0.15) is 0 Å². The van der Waals surface area contributed by atoms with Crippen LogP contribution in [0.5, 0.6) is 0 Å². The molecule has 5 nitrogen and oxygen atoms in total. The van der Waals surface area contributed by atoms with E-state index in [2.05, 4.69) is 0 Å². The van der Waals surface area contributed by atoms with Crippen LogP contribution in [0.3, 0.4) is 0 Å². The van der Waals surface area contributed by atoms with Crippen LogP contribution in [0.1, 0.15) is 13.8 Å². The van der Waals surface area contributed by atoms with Gasteiger partial charge in [0.1, 0.15) is 6.16 Å². The quantitative estimate of drug-likeness (QED) is 0.356. The van der Waals surface area contributed by atoms with Gasteiger partial charge in [-0.3, -0.25) is 14.8 Å². The van der Waals surface area contributed by atoms with E-state index in [1.807, 2.05) is 11.5 Å². The third-order valence-electron chi connectivity index (χ3n) is 2.04. The van der Waals surface area contributed by atoms with Crippen molar-refractivity contribution in [1.29, 1.82) is 0 Å². The van der Waals surface area contributed by atoms with E-state index in [4.69, 9.17) is 10.4 Å². The summed E-state index contributed by atoms with van der Waals surface area (Å²) in [6, 6.07) is 8.70. The molecule has 1 aromatic rings. The van der Waals surface area contributed by atoms with E-state index in [0.717, 1.165) is 0 Å². The van der Waals surface area contributed by atoms with Crippen LogP contribution in [0.15, 0.2) is 30.3 Å². The average molecular weight is 256 g/mol. The minimum atomic E-state index is -3.19. The fourth-order valence-corrected chi connectivity index (χ4v) is 3.58. The highest BCUT2D eigenvalue weighted by Crippen LogP contribution is 2.46. The Morgan fingerprint density at radius 1 is 1.41 bits per heavy atom. The molecule has 1 unspecified atom stereocenters. The Balaban J connectivity index is 3.02. The number of hydrogen-bond acceptors (Lipinski definition) is 4. The Bertz CT molecular complexity index is 420. The topological polar surface area (TPSA) is 81.4 Å². The highest BCUT2D eigenvalue weighted by Gasteiger charge is 2.30. The van der Waals surface area contributed by atoms with Crippen molar-refractivity contribution in [3.8, 4) is 0 Å². The summed E-state index contributed by atoms with van der Waals surface area (Å²) in [4.78, 5) is 11.3. The molecule has 6 heteroatoms. The van der Waals surface area contributed by atoms with Crippen molar-refractivity contribution in [3.05, 3.63) is 30.3 Å². The fourth-order valence-electron chi connectivity index (χ4n) is 1.42. The minimum absolute atomic E-state index is 0.230. The standard InChI is InChI=1S/C11H17N2O3P/c1-9(2)16-17(15,8-11(14)13-12)10-6-4-3-5-7-10/h3-7,9H,8,12H2,1-2H3,(H,13,14). The van der Waals surface area contributed by atoms with Gasteiger partial charge in [-0.05, 0) is 26.0 Å². The Morgan fingerprint density at radius 2 is 2.00 bits per heavy atom. The molecule has 0 saturated carbocycles. The molecule has 3 N–H and O–H groups in total. The molecule has 0 spiro atoms. The molecule has 0 saturated heterocycles. The molecule has 0 heterocycles. The summed E-state index contributed by atoms with van der Waals surface area (Å²) in [6.45, 7) is 3.55. The van der Waals surface area contributed by atoms with Crippen molar-refractivity contribution in [2.75, 3.05) is 6.16 Å². The number of carbonyl (C=O) groups is 1. The molecule has 0 aromatic heterocycles. The number of hydrogen-bond donors (Lipinski definition) is 2. The molecule has 1 aromatic carbocycles. The molecule has 1 atom stereocenters. The van der Waals surface area contributed by atoms with Gasteiger partial charge >= 0.3 is 0 Å². The molecule has 0 aliphatic heterocycles. The number of hydrazine groups is 1. The molecule has 1 amide bonds. The molecular weight excluding hydrogens is 239 g/mol. The maximum atomic E-state index is 12.7. The van der Waals surface area contributed by atoms with Crippen LogP contribution in [-0.2, 0) is 13.9 Å². The number of benzene rings is 1. The lowest BCUT2D eigenvalue weighted by molar-refractivity contribution is -0.118. The Morgan fingerprint density at radius 3 is 2.47 bits per heavy atom. The van der Waals surface area contributed by atoms with Gasteiger partial charge in [0.15, 0.2) is 0 Å². The van der Waals surface area contributed by atoms with Crippen molar-refractivity contribution in [2.24, 2.45) is 5.84 Å². The second-order valence-corrected chi connectivity index (χ2v) is 6.28. The first-order valence-corrected chi connectivity index (χ1v) is 7.11. The minimum Gasteiger partial charge on any atom is -0.322 e. The maximum Gasteiger partial charge on any atom is 0.243 e. The summed E-state index contributed by atoms with van der Waals surface area (Å²) < 4.78 is 18.1. The summed E-state index contributed by atoms with van der Waals surface area (Å²) in [7, 11) is -3.19. The number of amides is 1. The molecule has 0 aliphatic rings. The van der Waals surface area contributed by atoms with Gasteiger partial charge in [0.05, 0.1) is 6.10 Å². The van der Waals surface area contributed by atoms with Gasteiger partial charge in [-0.15, -0.1) is 0 Å². The molecule has 0 fully saturated rings. The summed E-state index contributed by atoms with van der Waals surface area (Å²) >= 11 is 0. The zero-order valence-corrected chi connectivity index (χ0v) is 10.8. The lowest BCUT2D eigenvalue weighted by Gasteiger charge is -2.20. The lowest BCUT2D eigenvalue weighted by Crippen LogP contribution is -2.34. The van der Waals surface area contributed by atoms with Crippen molar-refractivity contribution in [3.63, 3.8) is 0 Å². The Kier molecular flexibility index (Phi) is 4.87. The molecule has 1 rings (SSSR count). The van der Waals surface area contributed by atoms with E-state index in [1.165, 1.54) is 0 Å². The van der Waals surface area contributed by atoms with Crippen molar-refractivity contribution in [2.45, 2.75) is 20.0 Å². The maximum absolute atomic E-state index is 12.7. The highest BCUT2D eigenvalue weighted by molar-refractivity contribution is 7.67. The van der Waals surface area contributed by atoms with Gasteiger partial charge in [-0.25, -0.2) is 5.84 Å². The van der Waals surface area contributed by atoms with Crippen LogP contribution >= 0.6 is 7.37 Å². The molecule has 94 valence electrons. The van der Waals surface area contributed by atoms with E-state index in [1.54, 1.807) is 38.1 Å². The van der Waals surface area contributed by atoms with Crippen molar-refractivity contribution in [1.82, 2.24) is 5.43 Å². The zero-order valence-electron chi connectivity index (χ0n) is 9.92. The third-order valence-corrected chi connectivity index (χ3v) is 4.59. The molecular formula is C11H17N2O3P. The van der Waals surface area contributed by atoms with Gasteiger partial charge in [0.2, 0.25) is 13.3 Å².